The van der Waals surface area contributed by atoms with Gasteiger partial charge in [-0.25, -0.2) is 4.98 Å². The zero-order chi connectivity index (χ0) is 15.6. The lowest BCUT2D eigenvalue weighted by molar-refractivity contribution is 0.415. The molecule has 0 radical (unpaired) electrons. The molecule has 1 heterocycles. The lowest BCUT2D eigenvalue weighted by Gasteiger charge is -2.03. The van der Waals surface area contributed by atoms with Crippen molar-refractivity contribution in [2.24, 2.45) is 0 Å². The fraction of sp³-hybridized carbons (Fsp3) is 0.500. The Hall–Kier alpha value is -1.39. The van der Waals surface area contributed by atoms with E-state index in [2.05, 4.69) is 29.8 Å². The van der Waals surface area contributed by atoms with Gasteiger partial charge in [-0.15, -0.1) is 11.3 Å². The summed E-state index contributed by atoms with van der Waals surface area (Å²) in [5.74, 6) is 0.881. The Morgan fingerprint density at radius 3 is 2.64 bits per heavy atom. The largest absolute Gasteiger partial charge is 0.497 e. The van der Waals surface area contributed by atoms with E-state index < -0.39 is 0 Å². The molecular formula is C18H26N2OS. The molecule has 0 saturated carbocycles. The molecular weight excluding hydrogens is 292 g/mol. The van der Waals surface area contributed by atoms with Crippen LogP contribution in [0, 0.1) is 0 Å². The second-order valence-electron chi connectivity index (χ2n) is 5.42. The maximum atomic E-state index is 5.18. The molecule has 0 aliphatic heterocycles. The van der Waals surface area contributed by atoms with Crippen molar-refractivity contribution in [1.29, 1.82) is 0 Å². The quantitative estimate of drug-likeness (QED) is 0.653. The average Bonchev–Trinajstić information content (AvgIpc) is 3.03. The fourth-order valence-corrected chi connectivity index (χ4v) is 3.12. The second kappa shape index (κ2) is 9.59. The summed E-state index contributed by atoms with van der Waals surface area (Å²) in [6.07, 6.45) is 6.27. The zero-order valence-electron chi connectivity index (χ0n) is 13.6. The molecule has 4 heteroatoms. The number of benzene rings is 1. The van der Waals surface area contributed by atoms with Crippen molar-refractivity contribution in [3.05, 3.63) is 34.7 Å². The number of hydrogen-bond acceptors (Lipinski definition) is 4. The first-order valence-electron chi connectivity index (χ1n) is 8.13. The van der Waals surface area contributed by atoms with Crippen molar-refractivity contribution >= 4 is 11.3 Å². The van der Waals surface area contributed by atoms with Gasteiger partial charge in [-0.3, -0.25) is 0 Å². The van der Waals surface area contributed by atoms with Crippen LogP contribution in [0.4, 0.5) is 0 Å². The van der Waals surface area contributed by atoms with Crippen LogP contribution in [0.25, 0.3) is 11.3 Å². The lowest BCUT2D eigenvalue weighted by Crippen LogP contribution is -2.18. The highest BCUT2D eigenvalue weighted by atomic mass is 32.1. The maximum absolute atomic E-state index is 5.18. The third kappa shape index (κ3) is 5.43. The first kappa shape index (κ1) is 17.0. The molecule has 120 valence electrons. The number of nitrogens with zero attached hydrogens (tertiary/aromatic N) is 1. The number of methoxy groups -OCH3 is 1. The van der Waals surface area contributed by atoms with Crippen LogP contribution in [0.5, 0.6) is 5.75 Å². The summed E-state index contributed by atoms with van der Waals surface area (Å²) in [7, 11) is 1.69. The van der Waals surface area contributed by atoms with E-state index in [0.29, 0.717) is 0 Å². The summed E-state index contributed by atoms with van der Waals surface area (Å²) < 4.78 is 5.18. The number of thiazole rings is 1. The molecule has 0 bridgehead atoms. The Bertz CT molecular complexity index is 536. The normalized spacial score (nSPS) is 10.8. The molecule has 2 aromatic rings. The summed E-state index contributed by atoms with van der Waals surface area (Å²) in [6, 6.07) is 8.08. The highest BCUT2D eigenvalue weighted by Crippen LogP contribution is 2.24. The minimum Gasteiger partial charge on any atom is -0.497 e. The fourth-order valence-electron chi connectivity index (χ4n) is 2.32. The van der Waals surface area contributed by atoms with Gasteiger partial charge in [0.25, 0.3) is 0 Å². The zero-order valence-corrected chi connectivity index (χ0v) is 14.4. The van der Waals surface area contributed by atoms with Crippen LogP contribution in [-0.4, -0.2) is 25.2 Å². The van der Waals surface area contributed by atoms with Gasteiger partial charge in [0.15, 0.2) is 0 Å². The van der Waals surface area contributed by atoms with Gasteiger partial charge >= 0.3 is 0 Å². The number of hydrogen-bond donors (Lipinski definition) is 1. The standard InChI is InChI=1S/C18H26N2OS/c1-3-4-5-6-12-19-13-11-18-20-17(14-22-18)15-7-9-16(21-2)10-8-15/h7-10,14,19H,3-6,11-13H2,1-2H3. The number of ether oxygens (including phenoxy) is 1. The van der Waals surface area contributed by atoms with E-state index in [1.165, 1.54) is 30.7 Å². The van der Waals surface area contributed by atoms with E-state index in [1.54, 1.807) is 18.4 Å². The van der Waals surface area contributed by atoms with Crippen molar-refractivity contribution in [2.45, 2.75) is 39.0 Å². The molecule has 1 aromatic carbocycles. The summed E-state index contributed by atoms with van der Waals surface area (Å²) in [6.45, 7) is 4.38. The first-order chi connectivity index (χ1) is 10.8. The third-order valence-electron chi connectivity index (χ3n) is 3.66. The highest BCUT2D eigenvalue weighted by molar-refractivity contribution is 7.09. The van der Waals surface area contributed by atoms with Crippen LogP contribution < -0.4 is 10.1 Å². The van der Waals surface area contributed by atoms with E-state index >= 15 is 0 Å². The van der Waals surface area contributed by atoms with Gasteiger partial charge in [0.2, 0.25) is 0 Å². The number of aromatic nitrogens is 1. The van der Waals surface area contributed by atoms with Gasteiger partial charge in [0.1, 0.15) is 5.75 Å². The van der Waals surface area contributed by atoms with Gasteiger partial charge in [0, 0.05) is 23.9 Å². The average molecular weight is 318 g/mol. The number of rotatable bonds is 10. The summed E-state index contributed by atoms with van der Waals surface area (Å²) in [5.41, 5.74) is 2.21. The molecule has 0 aliphatic carbocycles. The van der Waals surface area contributed by atoms with E-state index in [9.17, 15) is 0 Å². The van der Waals surface area contributed by atoms with Crippen LogP contribution >= 0.6 is 11.3 Å². The Morgan fingerprint density at radius 1 is 1.09 bits per heavy atom. The van der Waals surface area contributed by atoms with Crippen molar-refractivity contribution in [2.75, 3.05) is 20.2 Å². The second-order valence-corrected chi connectivity index (χ2v) is 6.36. The Morgan fingerprint density at radius 2 is 1.91 bits per heavy atom. The maximum Gasteiger partial charge on any atom is 0.118 e. The SMILES string of the molecule is CCCCCCNCCc1nc(-c2ccc(OC)cc2)cs1. The molecule has 0 unspecified atom stereocenters. The summed E-state index contributed by atoms with van der Waals surface area (Å²) >= 11 is 1.74. The van der Waals surface area contributed by atoms with Gasteiger partial charge < -0.3 is 10.1 Å². The molecule has 0 fully saturated rings. The van der Waals surface area contributed by atoms with Gasteiger partial charge in [-0.05, 0) is 37.2 Å². The van der Waals surface area contributed by atoms with Crippen molar-refractivity contribution in [1.82, 2.24) is 10.3 Å². The van der Waals surface area contributed by atoms with Crippen molar-refractivity contribution in [3.8, 4) is 17.0 Å². The predicted octanol–water partition coefficient (Wildman–Crippen LogP) is 4.53. The Balaban J connectivity index is 1.74. The van der Waals surface area contributed by atoms with E-state index in [1.807, 2.05) is 12.1 Å². The Kier molecular flexibility index (Phi) is 7.40. The summed E-state index contributed by atoms with van der Waals surface area (Å²) in [5, 5.41) is 6.85. The summed E-state index contributed by atoms with van der Waals surface area (Å²) in [4.78, 5) is 4.72. The van der Waals surface area contributed by atoms with E-state index in [-0.39, 0.29) is 0 Å². The first-order valence-corrected chi connectivity index (χ1v) is 9.01. The number of nitrogens with one attached hydrogen (secondary N) is 1. The Labute approximate surface area is 137 Å². The van der Waals surface area contributed by atoms with Crippen LogP contribution in [0.3, 0.4) is 0 Å². The molecule has 0 atom stereocenters. The van der Waals surface area contributed by atoms with Crippen LogP contribution in [0.2, 0.25) is 0 Å². The third-order valence-corrected chi connectivity index (χ3v) is 4.57. The molecule has 0 aliphatic rings. The molecule has 1 N–H and O–H groups in total. The monoisotopic (exact) mass is 318 g/mol. The topological polar surface area (TPSA) is 34.2 Å². The number of unbranched alkanes of at least 4 members (excludes halogenated alkanes) is 3. The molecule has 0 saturated heterocycles. The lowest BCUT2D eigenvalue weighted by atomic mass is 10.2. The van der Waals surface area contributed by atoms with Crippen LogP contribution in [0.1, 0.15) is 37.6 Å². The molecule has 3 nitrogen and oxygen atoms in total. The minimum atomic E-state index is 0.881. The van der Waals surface area contributed by atoms with E-state index in [4.69, 9.17) is 9.72 Å². The molecule has 22 heavy (non-hydrogen) atoms. The van der Waals surface area contributed by atoms with Gasteiger partial charge in [0.05, 0.1) is 17.8 Å². The van der Waals surface area contributed by atoms with Crippen molar-refractivity contribution in [3.63, 3.8) is 0 Å². The minimum absolute atomic E-state index is 0.881. The van der Waals surface area contributed by atoms with Crippen LogP contribution in [0.15, 0.2) is 29.6 Å². The van der Waals surface area contributed by atoms with Crippen LogP contribution in [-0.2, 0) is 6.42 Å². The van der Waals surface area contributed by atoms with Crippen molar-refractivity contribution < 1.29 is 4.74 Å². The highest BCUT2D eigenvalue weighted by Gasteiger charge is 2.04. The molecule has 0 spiro atoms. The van der Waals surface area contributed by atoms with Gasteiger partial charge in [-0.2, -0.15) is 0 Å². The molecule has 0 amide bonds. The van der Waals surface area contributed by atoms with Gasteiger partial charge in [-0.1, -0.05) is 26.2 Å². The van der Waals surface area contributed by atoms with E-state index in [0.717, 1.165) is 36.5 Å². The molecule has 1 aromatic heterocycles. The predicted molar refractivity (Wildman–Crippen MR) is 94.8 cm³/mol. The molecule has 2 rings (SSSR count). The smallest absolute Gasteiger partial charge is 0.118 e.